The van der Waals surface area contributed by atoms with Crippen LogP contribution in [0.15, 0.2) is 0 Å². The Kier molecular flexibility index (Phi) is 4.45. The molecule has 5 heteroatoms. The largest absolute Gasteiger partial charge is 0.481 e. The van der Waals surface area contributed by atoms with E-state index < -0.39 is 5.97 Å². The van der Waals surface area contributed by atoms with E-state index in [1.165, 1.54) is 0 Å². The zero-order valence-electron chi connectivity index (χ0n) is 11.4. The van der Waals surface area contributed by atoms with Gasteiger partial charge in [-0.2, -0.15) is 0 Å². The number of carbonyl (C=O) groups excluding carboxylic acids is 1. The summed E-state index contributed by atoms with van der Waals surface area (Å²) < 4.78 is 0. The first-order chi connectivity index (χ1) is 8.99. The molecule has 0 aromatic rings. The summed E-state index contributed by atoms with van der Waals surface area (Å²) in [4.78, 5) is 25.2. The summed E-state index contributed by atoms with van der Waals surface area (Å²) in [6.45, 7) is 3.08. The first-order valence-electron chi connectivity index (χ1n) is 7.18. The zero-order chi connectivity index (χ0) is 14.0. The number of amides is 1. The highest BCUT2D eigenvalue weighted by molar-refractivity contribution is 5.80. The molecule has 1 aliphatic heterocycles. The van der Waals surface area contributed by atoms with Gasteiger partial charge in [-0.05, 0) is 32.6 Å². The third-order valence-corrected chi connectivity index (χ3v) is 4.59. The lowest BCUT2D eigenvalue weighted by molar-refractivity contribution is -0.145. The van der Waals surface area contributed by atoms with E-state index in [2.05, 4.69) is 0 Å². The monoisotopic (exact) mass is 269 g/mol. The second-order valence-corrected chi connectivity index (χ2v) is 5.97. The number of carboxylic acid groups (broad SMARTS) is 1. The molecule has 5 nitrogen and oxygen atoms in total. The van der Waals surface area contributed by atoms with Gasteiger partial charge >= 0.3 is 5.97 Å². The number of aliphatic hydroxyl groups excluding tert-OH is 1. The fourth-order valence-corrected chi connectivity index (χ4v) is 3.28. The van der Waals surface area contributed by atoms with Crippen LogP contribution in [0.5, 0.6) is 0 Å². The summed E-state index contributed by atoms with van der Waals surface area (Å²) >= 11 is 0. The highest BCUT2D eigenvalue weighted by Crippen LogP contribution is 2.32. The molecule has 2 aliphatic rings. The number of rotatable bonds is 3. The Morgan fingerprint density at radius 3 is 2.47 bits per heavy atom. The van der Waals surface area contributed by atoms with E-state index in [-0.39, 0.29) is 29.8 Å². The smallest absolute Gasteiger partial charge is 0.306 e. The molecule has 1 saturated heterocycles. The molecule has 2 fully saturated rings. The van der Waals surface area contributed by atoms with Crippen LogP contribution in [0.3, 0.4) is 0 Å². The Morgan fingerprint density at radius 1 is 1.21 bits per heavy atom. The van der Waals surface area contributed by atoms with Crippen molar-refractivity contribution in [3.8, 4) is 0 Å². The lowest BCUT2D eigenvalue weighted by Crippen LogP contribution is -2.38. The van der Waals surface area contributed by atoms with Crippen LogP contribution in [-0.2, 0) is 9.59 Å². The predicted octanol–water partition coefficient (Wildman–Crippen LogP) is 1.11. The molecule has 4 atom stereocenters. The summed E-state index contributed by atoms with van der Waals surface area (Å²) in [5, 5.41) is 18.6. The Hall–Kier alpha value is -1.10. The van der Waals surface area contributed by atoms with Crippen molar-refractivity contribution in [1.82, 2.24) is 4.90 Å². The lowest BCUT2D eigenvalue weighted by atomic mass is 9.81. The van der Waals surface area contributed by atoms with Crippen LogP contribution in [0.2, 0.25) is 0 Å². The van der Waals surface area contributed by atoms with Crippen molar-refractivity contribution in [3.05, 3.63) is 0 Å². The summed E-state index contributed by atoms with van der Waals surface area (Å²) in [5.74, 6) is -1.02. The number of carbonyl (C=O) groups is 2. The second kappa shape index (κ2) is 5.90. The molecule has 0 aromatic carbocycles. The van der Waals surface area contributed by atoms with Gasteiger partial charge in [-0.15, -0.1) is 0 Å². The summed E-state index contributed by atoms with van der Waals surface area (Å²) in [5.41, 5.74) is 0. The van der Waals surface area contributed by atoms with Gasteiger partial charge < -0.3 is 15.1 Å². The number of aliphatic hydroxyl groups is 1. The van der Waals surface area contributed by atoms with Gasteiger partial charge in [0.1, 0.15) is 0 Å². The molecule has 4 unspecified atom stereocenters. The van der Waals surface area contributed by atoms with Crippen LogP contribution in [0.1, 0.15) is 39.0 Å². The summed E-state index contributed by atoms with van der Waals surface area (Å²) in [6, 6.07) is 0. The number of likely N-dealkylation sites (tertiary alicyclic amines) is 1. The molecular weight excluding hydrogens is 246 g/mol. The average Bonchev–Trinajstić information content (AvgIpc) is 2.87. The maximum absolute atomic E-state index is 12.4. The van der Waals surface area contributed by atoms with Gasteiger partial charge in [0.15, 0.2) is 0 Å². The molecule has 1 heterocycles. The number of hydrogen-bond acceptors (Lipinski definition) is 3. The van der Waals surface area contributed by atoms with Crippen LogP contribution in [0.4, 0.5) is 0 Å². The normalized spacial score (nSPS) is 33.2. The number of nitrogens with zero attached hydrogens (tertiary/aromatic N) is 1. The highest BCUT2D eigenvalue weighted by Gasteiger charge is 2.36. The molecular formula is C14H23NO4. The van der Waals surface area contributed by atoms with Crippen molar-refractivity contribution in [3.63, 3.8) is 0 Å². The van der Waals surface area contributed by atoms with Crippen molar-refractivity contribution < 1.29 is 19.8 Å². The molecule has 2 rings (SSSR count). The maximum Gasteiger partial charge on any atom is 0.306 e. The van der Waals surface area contributed by atoms with E-state index >= 15 is 0 Å². The molecule has 108 valence electrons. The quantitative estimate of drug-likeness (QED) is 0.804. The minimum Gasteiger partial charge on any atom is -0.481 e. The predicted molar refractivity (Wildman–Crippen MR) is 69.5 cm³/mol. The Balaban J connectivity index is 1.91. The third-order valence-electron chi connectivity index (χ3n) is 4.59. The van der Waals surface area contributed by atoms with Gasteiger partial charge in [0, 0.05) is 24.9 Å². The first kappa shape index (κ1) is 14.3. The van der Waals surface area contributed by atoms with E-state index in [1.807, 2.05) is 4.90 Å². The van der Waals surface area contributed by atoms with Gasteiger partial charge in [-0.25, -0.2) is 0 Å². The maximum atomic E-state index is 12.4. The van der Waals surface area contributed by atoms with E-state index in [1.54, 1.807) is 6.92 Å². The Morgan fingerprint density at radius 2 is 1.89 bits per heavy atom. The second-order valence-electron chi connectivity index (χ2n) is 5.97. The van der Waals surface area contributed by atoms with Crippen molar-refractivity contribution in [1.29, 1.82) is 0 Å². The standard InChI is InChI=1S/C14H23NO4/c1-9(16)12-5-6-15(8-12)13(17)10-3-2-4-11(7-10)14(18)19/h9-12,16H,2-8H2,1H3,(H,18,19). The number of carboxylic acids is 1. The van der Waals surface area contributed by atoms with E-state index in [4.69, 9.17) is 5.11 Å². The number of hydrogen-bond donors (Lipinski definition) is 2. The molecule has 0 spiro atoms. The highest BCUT2D eigenvalue weighted by atomic mass is 16.4. The molecule has 0 bridgehead atoms. The van der Waals surface area contributed by atoms with Gasteiger partial charge in [-0.1, -0.05) is 6.42 Å². The van der Waals surface area contributed by atoms with E-state index in [9.17, 15) is 14.7 Å². The Labute approximate surface area is 113 Å². The van der Waals surface area contributed by atoms with Crippen molar-refractivity contribution >= 4 is 11.9 Å². The van der Waals surface area contributed by atoms with Crippen molar-refractivity contribution in [2.45, 2.75) is 45.1 Å². The topological polar surface area (TPSA) is 77.8 Å². The minimum atomic E-state index is -0.777. The van der Waals surface area contributed by atoms with Gasteiger partial charge in [-0.3, -0.25) is 9.59 Å². The molecule has 1 aliphatic carbocycles. The van der Waals surface area contributed by atoms with Gasteiger partial charge in [0.2, 0.25) is 5.91 Å². The van der Waals surface area contributed by atoms with E-state index in [0.29, 0.717) is 25.9 Å². The lowest BCUT2D eigenvalue weighted by Gasteiger charge is -2.29. The van der Waals surface area contributed by atoms with Crippen LogP contribution >= 0.6 is 0 Å². The fourth-order valence-electron chi connectivity index (χ4n) is 3.28. The SMILES string of the molecule is CC(O)C1CCN(C(=O)C2CCCC(C(=O)O)C2)C1. The summed E-state index contributed by atoms with van der Waals surface area (Å²) in [7, 11) is 0. The molecule has 1 amide bonds. The fraction of sp³-hybridized carbons (Fsp3) is 0.857. The minimum absolute atomic E-state index is 0.0918. The van der Waals surface area contributed by atoms with Gasteiger partial charge in [0.05, 0.1) is 12.0 Å². The first-order valence-corrected chi connectivity index (χ1v) is 7.18. The van der Waals surface area contributed by atoms with Crippen LogP contribution < -0.4 is 0 Å². The van der Waals surface area contributed by atoms with Crippen LogP contribution in [-0.4, -0.2) is 46.2 Å². The van der Waals surface area contributed by atoms with Gasteiger partial charge in [0.25, 0.3) is 0 Å². The average molecular weight is 269 g/mol. The van der Waals surface area contributed by atoms with E-state index in [0.717, 1.165) is 19.3 Å². The molecule has 0 radical (unpaired) electrons. The Bertz CT molecular complexity index is 355. The summed E-state index contributed by atoms with van der Waals surface area (Å²) in [6.07, 6.45) is 3.26. The van der Waals surface area contributed by atoms with Crippen molar-refractivity contribution in [2.24, 2.45) is 17.8 Å². The molecule has 1 saturated carbocycles. The third kappa shape index (κ3) is 3.26. The zero-order valence-corrected chi connectivity index (χ0v) is 11.4. The van der Waals surface area contributed by atoms with Crippen LogP contribution in [0, 0.1) is 17.8 Å². The van der Waals surface area contributed by atoms with Crippen LogP contribution in [0.25, 0.3) is 0 Å². The molecule has 0 aromatic heterocycles. The molecule has 19 heavy (non-hydrogen) atoms. The van der Waals surface area contributed by atoms with Crippen molar-refractivity contribution in [2.75, 3.05) is 13.1 Å². The molecule has 2 N–H and O–H groups in total. The number of aliphatic carboxylic acids is 1.